The molecule has 2 rings (SSSR count). The van der Waals surface area contributed by atoms with Crippen LogP contribution in [0.15, 0.2) is 0 Å². The molecule has 6 nitrogen and oxygen atoms in total. The van der Waals surface area contributed by atoms with Crippen molar-refractivity contribution in [3.05, 3.63) is 0 Å². The van der Waals surface area contributed by atoms with Gasteiger partial charge in [-0.1, -0.05) is 0 Å². The molecule has 2 atom stereocenters. The zero-order chi connectivity index (χ0) is 10.1. The van der Waals surface area contributed by atoms with E-state index < -0.39 is 6.09 Å². The first-order chi connectivity index (χ1) is 6.66. The molecule has 0 aromatic heterocycles. The average Bonchev–Trinajstić information content (AvgIpc) is 2.16. The van der Waals surface area contributed by atoms with Crippen molar-refractivity contribution in [1.29, 1.82) is 0 Å². The van der Waals surface area contributed by atoms with Crippen molar-refractivity contribution < 1.29 is 19.4 Å². The van der Waals surface area contributed by atoms with Crippen molar-refractivity contribution in [1.82, 2.24) is 10.2 Å². The Bertz CT molecular complexity index is 266. The summed E-state index contributed by atoms with van der Waals surface area (Å²) in [5, 5.41) is 11.5. The highest BCUT2D eigenvalue weighted by atomic mass is 16.5. The number of fused-ring (bicyclic) bond motifs is 1. The van der Waals surface area contributed by atoms with Gasteiger partial charge in [0.2, 0.25) is 5.91 Å². The van der Waals surface area contributed by atoms with Crippen LogP contribution in [0.25, 0.3) is 0 Å². The van der Waals surface area contributed by atoms with Gasteiger partial charge in [-0.3, -0.25) is 4.79 Å². The summed E-state index contributed by atoms with van der Waals surface area (Å²) < 4.78 is 5.29. The van der Waals surface area contributed by atoms with Crippen LogP contribution in [0.1, 0.15) is 6.42 Å². The second-order valence-electron chi connectivity index (χ2n) is 3.54. The van der Waals surface area contributed by atoms with E-state index in [4.69, 9.17) is 9.84 Å². The minimum atomic E-state index is -0.941. The smallest absolute Gasteiger partial charge is 0.407 e. The van der Waals surface area contributed by atoms with Crippen LogP contribution >= 0.6 is 0 Å². The molecule has 6 heteroatoms. The van der Waals surface area contributed by atoms with Crippen molar-refractivity contribution in [3.63, 3.8) is 0 Å². The van der Waals surface area contributed by atoms with Crippen molar-refractivity contribution in [3.8, 4) is 0 Å². The molecule has 2 heterocycles. The molecular weight excluding hydrogens is 188 g/mol. The van der Waals surface area contributed by atoms with E-state index >= 15 is 0 Å². The van der Waals surface area contributed by atoms with Crippen molar-refractivity contribution in [2.45, 2.75) is 18.6 Å². The van der Waals surface area contributed by atoms with Gasteiger partial charge in [0.15, 0.2) is 0 Å². The van der Waals surface area contributed by atoms with E-state index in [1.54, 1.807) is 0 Å². The number of morpholine rings is 1. The molecule has 0 radical (unpaired) electrons. The van der Waals surface area contributed by atoms with Gasteiger partial charge in [0.1, 0.15) is 6.61 Å². The maximum atomic E-state index is 11.0. The minimum absolute atomic E-state index is 0.0247. The predicted molar refractivity (Wildman–Crippen MR) is 45.9 cm³/mol. The third kappa shape index (κ3) is 1.65. The third-order valence-electron chi connectivity index (χ3n) is 2.59. The number of carboxylic acid groups (broad SMARTS) is 1. The van der Waals surface area contributed by atoms with E-state index in [1.807, 2.05) is 0 Å². The molecule has 0 unspecified atom stereocenters. The molecular formula is C8H12N2O4. The summed E-state index contributed by atoms with van der Waals surface area (Å²) in [4.78, 5) is 23.0. The summed E-state index contributed by atoms with van der Waals surface area (Å²) in [6.07, 6.45) is -0.316. The Labute approximate surface area is 80.8 Å². The molecule has 2 N–H and O–H groups in total. The van der Waals surface area contributed by atoms with Gasteiger partial charge in [0, 0.05) is 13.1 Å². The number of amides is 2. The summed E-state index contributed by atoms with van der Waals surface area (Å²) in [5.41, 5.74) is 0. The molecule has 0 aliphatic carbocycles. The number of nitrogens with zero attached hydrogens (tertiary/aromatic N) is 1. The SMILES string of the molecule is O=C1CO[C@@H]2CCN(C(=O)O)C[C@@H]2N1. The van der Waals surface area contributed by atoms with Crippen LogP contribution in [0, 0.1) is 0 Å². The normalized spacial score (nSPS) is 32.0. The van der Waals surface area contributed by atoms with Crippen LogP contribution in [0.4, 0.5) is 4.79 Å². The highest BCUT2D eigenvalue weighted by Crippen LogP contribution is 2.17. The van der Waals surface area contributed by atoms with Gasteiger partial charge in [-0.05, 0) is 6.42 Å². The first-order valence-electron chi connectivity index (χ1n) is 4.55. The Morgan fingerprint density at radius 3 is 3.14 bits per heavy atom. The Hall–Kier alpha value is -1.30. The Morgan fingerprint density at radius 1 is 1.64 bits per heavy atom. The number of carbonyl (C=O) groups is 2. The first kappa shape index (κ1) is 9.26. The lowest BCUT2D eigenvalue weighted by atomic mass is 10.0. The molecule has 2 aliphatic heterocycles. The molecule has 0 aromatic rings. The van der Waals surface area contributed by atoms with Gasteiger partial charge in [0.25, 0.3) is 0 Å². The lowest BCUT2D eigenvalue weighted by Gasteiger charge is -2.39. The van der Waals surface area contributed by atoms with Gasteiger partial charge in [-0.15, -0.1) is 0 Å². The van der Waals surface area contributed by atoms with E-state index in [0.717, 1.165) is 0 Å². The van der Waals surface area contributed by atoms with Crippen LogP contribution in [-0.4, -0.2) is 53.8 Å². The van der Waals surface area contributed by atoms with Gasteiger partial charge in [0.05, 0.1) is 12.1 Å². The van der Waals surface area contributed by atoms with E-state index in [2.05, 4.69) is 5.32 Å². The number of rotatable bonds is 0. The number of hydrogen-bond acceptors (Lipinski definition) is 3. The fraction of sp³-hybridized carbons (Fsp3) is 0.750. The summed E-state index contributed by atoms with van der Waals surface area (Å²) in [5.74, 6) is -0.168. The third-order valence-corrected chi connectivity index (χ3v) is 2.59. The maximum absolute atomic E-state index is 11.0. The van der Waals surface area contributed by atoms with E-state index in [9.17, 15) is 9.59 Å². The molecule has 2 saturated heterocycles. The fourth-order valence-electron chi connectivity index (χ4n) is 1.87. The maximum Gasteiger partial charge on any atom is 0.407 e. The molecule has 0 spiro atoms. The highest BCUT2D eigenvalue weighted by molar-refractivity contribution is 5.78. The van der Waals surface area contributed by atoms with Crippen LogP contribution in [0.2, 0.25) is 0 Å². The Kier molecular flexibility index (Phi) is 2.28. The standard InChI is InChI=1S/C8H12N2O4/c11-7-4-14-6-1-2-10(8(12)13)3-5(6)9-7/h5-6H,1-4H2,(H,9,11)(H,12,13)/t5-,6+/m0/s1. The minimum Gasteiger partial charge on any atom is -0.465 e. The summed E-state index contributed by atoms with van der Waals surface area (Å²) >= 11 is 0. The summed E-state index contributed by atoms with van der Waals surface area (Å²) in [6, 6.07) is -0.180. The Morgan fingerprint density at radius 2 is 2.43 bits per heavy atom. The molecule has 14 heavy (non-hydrogen) atoms. The molecule has 2 amide bonds. The number of ether oxygens (including phenoxy) is 1. The van der Waals surface area contributed by atoms with E-state index in [1.165, 1.54) is 4.90 Å². The van der Waals surface area contributed by atoms with Gasteiger partial charge in [-0.25, -0.2) is 4.79 Å². The number of hydrogen-bond donors (Lipinski definition) is 2. The monoisotopic (exact) mass is 200 g/mol. The molecule has 78 valence electrons. The molecule has 2 aliphatic rings. The zero-order valence-electron chi connectivity index (χ0n) is 7.60. The number of nitrogens with one attached hydrogen (secondary N) is 1. The van der Waals surface area contributed by atoms with E-state index in [-0.39, 0.29) is 24.7 Å². The number of carbonyl (C=O) groups excluding carboxylic acids is 1. The van der Waals surface area contributed by atoms with Crippen LogP contribution in [0.3, 0.4) is 0 Å². The van der Waals surface area contributed by atoms with Crippen LogP contribution in [0.5, 0.6) is 0 Å². The van der Waals surface area contributed by atoms with Crippen molar-refractivity contribution in [2.24, 2.45) is 0 Å². The summed E-state index contributed by atoms with van der Waals surface area (Å²) in [6.45, 7) is 0.895. The second kappa shape index (κ2) is 3.45. The van der Waals surface area contributed by atoms with Gasteiger partial charge in [-0.2, -0.15) is 0 Å². The largest absolute Gasteiger partial charge is 0.465 e. The van der Waals surface area contributed by atoms with Gasteiger partial charge < -0.3 is 20.1 Å². The predicted octanol–water partition coefficient (Wildman–Crippen LogP) is -0.746. The fourth-order valence-corrected chi connectivity index (χ4v) is 1.87. The topological polar surface area (TPSA) is 78.9 Å². The van der Waals surface area contributed by atoms with Crippen LogP contribution < -0.4 is 5.32 Å². The van der Waals surface area contributed by atoms with Crippen molar-refractivity contribution >= 4 is 12.0 Å². The van der Waals surface area contributed by atoms with Crippen molar-refractivity contribution in [2.75, 3.05) is 19.7 Å². The average molecular weight is 200 g/mol. The first-order valence-corrected chi connectivity index (χ1v) is 4.55. The Balaban J connectivity index is 1.99. The van der Waals surface area contributed by atoms with E-state index in [0.29, 0.717) is 19.5 Å². The molecule has 0 aromatic carbocycles. The van der Waals surface area contributed by atoms with Crippen LogP contribution in [-0.2, 0) is 9.53 Å². The lowest BCUT2D eigenvalue weighted by molar-refractivity contribution is -0.139. The highest BCUT2D eigenvalue weighted by Gasteiger charge is 2.36. The zero-order valence-corrected chi connectivity index (χ0v) is 7.60. The number of piperidine rings is 1. The molecule has 0 saturated carbocycles. The molecule has 0 bridgehead atoms. The van der Waals surface area contributed by atoms with Gasteiger partial charge >= 0.3 is 6.09 Å². The summed E-state index contributed by atoms with van der Waals surface area (Å²) in [7, 11) is 0. The lowest BCUT2D eigenvalue weighted by Crippen LogP contribution is -2.60. The quantitative estimate of drug-likeness (QED) is 0.539. The molecule has 2 fully saturated rings. The second-order valence-corrected chi connectivity index (χ2v) is 3.54. The number of likely N-dealkylation sites (tertiary alicyclic amines) is 1.